The monoisotopic (exact) mass is 228 g/mol. The number of halogens is 1. The molecule has 68 valence electrons. The highest BCUT2D eigenvalue weighted by molar-refractivity contribution is 9.09. The van der Waals surface area contributed by atoms with Crippen molar-refractivity contribution in [2.45, 2.75) is 50.3 Å². The molecule has 12 heavy (non-hydrogen) atoms. The normalized spacial score (nSPS) is 30.2. The molecular weight excluding hydrogens is 212 g/mol. The lowest BCUT2D eigenvalue weighted by Gasteiger charge is -2.12. The molecule has 0 aliphatic heterocycles. The Morgan fingerprint density at radius 3 is 2.83 bits per heavy atom. The van der Waals surface area contributed by atoms with Crippen LogP contribution in [0.25, 0.3) is 0 Å². The van der Waals surface area contributed by atoms with Crippen molar-refractivity contribution in [1.82, 2.24) is 0 Å². The molecule has 0 radical (unpaired) electrons. The first-order chi connectivity index (χ1) is 5.83. The van der Waals surface area contributed by atoms with Gasteiger partial charge in [0.05, 0.1) is 0 Å². The standard InChI is InChI=1S/C11H17Br/c1-2-3-6-10-7-4-5-8-11(12)9-10/h10-11H,4-9H2,1H3. The fourth-order valence-corrected chi connectivity index (χ4v) is 2.68. The lowest BCUT2D eigenvalue weighted by molar-refractivity contribution is 0.478. The largest absolute Gasteiger partial charge is 0.107 e. The summed E-state index contributed by atoms with van der Waals surface area (Å²) < 4.78 is 0. The third-order valence-electron chi connectivity index (χ3n) is 2.54. The smallest absolute Gasteiger partial charge is 0.0148 e. The Morgan fingerprint density at radius 1 is 1.33 bits per heavy atom. The van der Waals surface area contributed by atoms with E-state index in [1.807, 2.05) is 6.92 Å². The summed E-state index contributed by atoms with van der Waals surface area (Å²) in [5, 5.41) is 0. The number of hydrogen-bond donors (Lipinski definition) is 0. The highest BCUT2D eigenvalue weighted by atomic mass is 79.9. The Hall–Kier alpha value is 0.0400. The molecule has 1 fully saturated rings. The van der Waals surface area contributed by atoms with Gasteiger partial charge in [0.15, 0.2) is 0 Å². The third kappa shape index (κ3) is 3.63. The molecule has 0 amide bonds. The Bertz CT molecular complexity index is 175. The molecule has 0 heterocycles. The SMILES string of the molecule is CC#CCC1CCCCC(Br)C1. The molecule has 0 aromatic rings. The molecule has 0 bridgehead atoms. The lowest BCUT2D eigenvalue weighted by atomic mass is 9.97. The zero-order valence-corrected chi connectivity index (χ0v) is 9.36. The molecule has 1 aliphatic carbocycles. The van der Waals surface area contributed by atoms with Gasteiger partial charge in [0.2, 0.25) is 0 Å². The van der Waals surface area contributed by atoms with Gasteiger partial charge in [0.1, 0.15) is 0 Å². The predicted octanol–water partition coefficient (Wildman–Crippen LogP) is 3.74. The van der Waals surface area contributed by atoms with Crippen LogP contribution in [0.15, 0.2) is 0 Å². The van der Waals surface area contributed by atoms with Gasteiger partial charge in [-0.25, -0.2) is 0 Å². The first-order valence-electron chi connectivity index (χ1n) is 4.86. The van der Waals surface area contributed by atoms with Crippen molar-refractivity contribution in [3.63, 3.8) is 0 Å². The van der Waals surface area contributed by atoms with Crippen LogP contribution in [-0.4, -0.2) is 4.83 Å². The van der Waals surface area contributed by atoms with Crippen molar-refractivity contribution < 1.29 is 0 Å². The Labute approximate surface area is 84.2 Å². The van der Waals surface area contributed by atoms with Gasteiger partial charge in [0.25, 0.3) is 0 Å². The maximum Gasteiger partial charge on any atom is 0.0148 e. The van der Waals surface area contributed by atoms with Crippen molar-refractivity contribution in [2.24, 2.45) is 5.92 Å². The van der Waals surface area contributed by atoms with Crippen LogP contribution < -0.4 is 0 Å². The lowest BCUT2D eigenvalue weighted by Crippen LogP contribution is -2.04. The fourth-order valence-electron chi connectivity index (χ4n) is 1.83. The fraction of sp³-hybridized carbons (Fsp3) is 0.818. The van der Waals surface area contributed by atoms with Gasteiger partial charge in [0, 0.05) is 11.2 Å². The number of alkyl halides is 1. The third-order valence-corrected chi connectivity index (χ3v) is 3.37. The number of hydrogen-bond acceptors (Lipinski definition) is 0. The Balaban J connectivity index is 2.34. The van der Waals surface area contributed by atoms with E-state index in [1.165, 1.54) is 32.1 Å². The van der Waals surface area contributed by atoms with Gasteiger partial charge >= 0.3 is 0 Å². The first-order valence-corrected chi connectivity index (χ1v) is 5.78. The zero-order chi connectivity index (χ0) is 8.81. The van der Waals surface area contributed by atoms with Gasteiger partial charge in [-0.3, -0.25) is 0 Å². The van der Waals surface area contributed by atoms with Crippen molar-refractivity contribution >= 4 is 15.9 Å². The molecule has 0 nitrogen and oxygen atoms in total. The zero-order valence-electron chi connectivity index (χ0n) is 7.78. The highest BCUT2D eigenvalue weighted by Gasteiger charge is 2.16. The summed E-state index contributed by atoms with van der Waals surface area (Å²) in [4.78, 5) is 0.753. The molecular formula is C11H17Br. The molecule has 0 aromatic carbocycles. The van der Waals surface area contributed by atoms with E-state index in [0.717, 1.165) is 17.2 Å². The second-order valence-corrected chi connectivity index (χ2v) is 4.91. The second kappa shape index (κ2) is 5.65. The molecule has 0 saturated heterocycles. The van der Waals surface area contributed by atoms with E-state index in [9.17, 15) is 0 Å². The topological polar surface area (TPSA) is 0 Å². The average Bonchev–Trinajstić information content (AvgIpc) is 2.26. The van der Waals surface area contributed by atoms with Crippen LogP contribution in [0, 0.1) is 17.8 Å². The van der Waals surface area contributed by atoms with Crippen molar-refractivity contribution in [2.75, 3.05) is 0 Å². The molecule has 0 aromatic heterocycles. The molecule has 1 aliphatic rings. The van der Waals surface area contributed by atoms with Crippen LogP contribution in [0.5, 0.6) is 0 Å². The summed E-state index contributed by atoms with van der Waals surface area (Å²) in [7, 11) is 0. The molecule has 2 atom stereocenters. The van der Waals surface area contributed by atoms with Crippen molar-refractivity contribution in [3.8, 4) is 11.8 Å². The van der Waals surface area contributed by atoms with Gasteiger partial charge in [-0.1, -0.05) is 28.8 Å². The van der Waals surface area contributed by atoms with Crippen LogP contribution in [0.4, 0.5) is 0 Å². The molecule has 1 rings (SSSR count). The van der Waals surface area contributed by atoms with Crippen LogP contribution in [-0.2, 0) is 0 Å². The second-order valence-electron chi connectivity index (χ2n) is 3.61. The molecule has 0 spiro atoms. The number of rotatable bonds is 1. The average molecular weight is 229 g/mol. The Morgan fingerprint density at radius 2 is 2.08 bits per heavy atom. The molecule has 1 saturated carbocycles. The van der Waals surface area contributed by atoms with E-state index in [4.69, 9.17) is 0 Å². The molecule has 0 N–H and O–H groups in total. The summed E-state index contributed by atoms with van der Waals surface area (Å²) in [6, 6.07) is 0. The van der Waals surface area contributed by atoms with Gasteiger partial charge in [-0.15, -0.1) is 11.8 Å². The van der Waals surface area contributed by atoms with Crippen molar-refractivity contribution in [3.05, 3.63) is 0 Å². The van der Waals surface area contributed by atoms with Gasteiger partial charge in [-0.2, -0.15) is 0 Å². The quantitative estimate of drug-likeness (QED) is 0.365. The van der Waals surface area contributed by atoms with Gasteiger partial charge < -0.3 is 0 Å². The Kier molecular flexibility index (Phi) is 4.76. The predicted molar refractivity (Wildman–Crippen MR) is 57.4 cm³/mol. The highest BCUT2D eigenvalue weighted by Crippen LogP contribution is 2.29. The van der Waals surface area contributed by atoms with Crippen LogP contribution >= 0.6 is 15.9 Å². The summed E-state index contributed by atoms with van der Waals surface area (Å²) in [6.07, 6.45) is 7.98. The summed E-state index contributed by atoms with van der Waals surface area (Å²) in [5.41, 5.74) is 0. The van der Waals surface area contributed by atoms with E-state index in [1.54, 1.807) is 0 Å². The van der Waals surface area contributed by atoms with E-state index in [-0.39, 0.29) is 0 Å². The summed E-state index contributed by atoms with van der Waals surface area (Å²) >= 11 is 3.72. The maximum absolute atomic E-state index is 3.72. The molecule has 1 heteroatoms. The van der Waals surface area contributed by atoms with E-state index in [0.29, 0.717) is 0 Å². The molecule has 2 unspecified atom stereocenters. The minimum Gasteiger partial charge on any atom is -0.107 e. The minimum absolute atomic E-state index is 0.753. The van der Waals surface area contributed by atoms with Gasteiger partial charge in [-0.05, 0) is 32.1 Å². The summed E-state index contributed by atoms with van der Waals surface area (Å²) in [6.45, 7) is 1.93. The van der Waals surface area contributed by atoms with Crippen LogP contribution in [0.3, 0.4) is 0 Å². The first kappa shape index (κ1) is 10.1. The van der Waals surface area contributed by atoms with Crippen LogP contribution in [0.1, 0.15) is 45.4 Å². The van der Waals surface area contributed by atoms with E-state index < -0.39 is 0 Å². The maximum atomic E-state index is 3.72. The summed E-state index contributed by atoms with van der Waals surface area (Å²) in [5.74, 6) is 7.03. The van der Waals surface area contributed by atoms with E-state index >= 15 is 0 Å². The van der Waals surface area contributed by atoms with E-state index in [2.05, 4.69) is 27.8 Å². The minimum atomic E-state index is 0.753. The van der Waals surface area contributed by atoms with Crippen LogP contribution in [0.2, 0.25) is 0 Å². The van der Waals surface area contributed by atoms with Crippen molar-refractivity contribution in [1.29, 1.82) is 0 Å².